The minimum absolute atomic E-state index is 0.140. The Morgan fingerprint density at radius 1 is 1.29 bits per heavy atom. The van der Waals surface area contributed by atoms with E-state index in [1.54, 1.807) is 0 Å². The highest BCUT2D eigenvalue weighted by Gasteiger charge is 2.38. The lowest BCUT2D eigenvalue weighted by Gasteiger charge is -2.31. The molecule has 0 aromatic carbocycles. The molecule has 2 aliphatic rings. The van der Waals surface area contributed by atoms with E-state index >= 15 is 0 Å². The summed E-state index contributed by atoms with van der Waals surface area (Å²) in [5.74, 6) is 0.497. The van der Waals surface area contributed by atoms with E-state index in [0.29, 0.717) is 5.92 Å². The molecule has 0 aromatic heterocycles. The first-order valence-corrected chi connectivity index (χ1v) is 6.94. The number of nitrogens with zero attached hydrogens (tertiary/aromatic N) is 1. The number of aliphatic hydroxyl groups is 1. The van der Waals surface area contributed by atoms with Crippen molar-refractivity contribution in [3.63, 3.8) is 0 Å². The van der Waals surface area contributed by atoms with Gasteiger partial charge in [0.2, 0.25) is 0 Å². The van der Waals surface area contributed by atoms with Crippen LogP contribution in [0.1, 0.15) is 32.1 Å². The van der Waals surface area contributed by atoms with Crippen LogP contribution in [0.3, 0.4) is 0 Å². The van der Waals surface area contributed by atoms with Gasteiger partial charge in [0.05, 0.1) is 13.2 Å². The number of ether oxygens (including phenoxy) is 1. The SMILES string of the molecule is NC1(CO)CCCC1CCN1CCCOCC1. The molecule has 0 amide bonds. The maximum Gasteiger partial charge on any atom is 0.0613 e. The molecule has 2 fully saturated rings. The molecule has 0 bridgehead atoms. The molecule has 1 aliphatic heterocycles. The predicted molar refractivity (Wildman–Crippen MR) is 67.8 cm³/mol. The quantitative estimate of drug-likeness (QED) is 0.757. The van der Waals surface area contributed by atoms with Gasteiger partial charge >= 0.3 is 0 Å². The summed E-state index contributed by atoms with van der Waals surface area (Å²) in [6.45, 7) is 5.19. The Balaban J connectivity index is 1.76. The highest BCUT2D eigenvalue weighted by molar-refractivity contribution is 4.96. The fraction of sp³-hybridized carbons (Fsp3) is 1.00. The zero-order valence-electron chi connectivity index (χ0n) is 10.7. The summed E-state index contributed by atoms with van der Waals surface area (Å²) in [6.07, 6.45) is 5.60. The monoisotopic (exact) mass is 242 g/mol. The Morgan fingerprint density at radius 3 is 3.00 bits per heavy atom. The first-order chi connectivity index (χ1) is 8.24. The van der Waals surface area contributed by atoms with Crippen LogP contribution in [0.15, 0.2) is 0 Å². The van der Waals surface area contributed by atoms with E-state index < -0.39 is 0 Å². The standard InChI is InChI=1S/C13H26N2O2/c14-13(11-16)5-1-3-12(13)4-7-15-6-2-9-17-10-8-15/h12,16H,1-11,14H2. The average Bonchev–Trinajstić information content (AvgIpc) is 2.55. The number of rotatable bonds is 4. The van der Waals surface area contributed by atoms with Crippen LogP contribution in [0, 0.1) is 5.92 Å². The van der Waals surface area contributed by atoms with E-state index in [2.05, 4.69) is 4.90 Å². The van der Waals surface area contributed by atoms with Crippen LogP contribution in [0.4, 0.5) is 0 Å². The first-order valence-electron chi connectivity index (χ1n) is 6.94. The van der Waals surface area contributed by atoms with Crippen LogP contribution in [-0.4, -0.2) is 55.0 Å². The van der Waals surface area contributed by atoms with Gasteiger partial charge in [-0.1, -0.05) is 6.42 Å². The largest absolute Gasteiger partial charge is 0.394 e. The lowest BCUT2D eigenvalue weighted by molar-refractivity contribution is 0.131. The van der Waals surface area contributed by atoms with Gasteiger partial charge in [0, 0.05) is 25.2 Å². The molecular formula is C13H26N2O2. The number of hydrogen-bond donors (Lipinski definition) is 2. The third-order valence-electron chi connectivity index (χ3n) is 4.41. The minimum atomic E-state index is -0.303. The second-order valence-electron chi connectivity index (χ2n) is 5.58. The molecule has 17 heavy (non-hydrogen) atoms. The zero-order valence-corrected chi connectivity index (χ0v) is 10.7. The third kappa shape index (κ3) is 3.41. The average molecular weight is 242 g/mol. The highest BCUT2D eigenvalue weighted by atomic mass is 16.5. The molecule has 1 heterocycles. The molecule has 1 saturated carbocycles. The topological polar surface area (TPSA) is 58.7 Å². The molecule has 2 rings (SSSR count). The predicted octanol–water partition coefficient (Wildman–Crippen LogP) is 0.589. The van der Waals surface area contributed by atoms with Crippen molar-refractivity contribution in [1.82, 2.24) is 4.90 Å². The van der Waals surface area contributed by atoms with Crippen LogP contribution in [-0.2, 0) is 4.74 Å². The Labute approximate surface area is 104 Å². The summed E-state index contributed by atoms with van der Waals surface area (Å²) in [5, 5.41) is 9.42. The Hall–Kier alpha value is -0.160. The van der Waals surface area contributed by atoms with Crippen molar-refractivity contribution in [3.05, 3.63) is 0 Å². The molecule has 0 radical (unpaired) electrons. The molecule has 0 aromatic rings. The molecule has 4 nitrogen and oxygen atoms in total. The van der Waals surface area contributed by atoms with Gasteiger partial charge in [0.15, 0.2) is 0 Å². The van der Waals surface area contributed by atoms with Crippen molar-refractivity contribution in [2.45, 2.75) is 37.6 Å². The van der Waals surface area contributed by atoms with Crippen LogP contribution in [0.25, 0.3) is 0 Å². The van der Waals surface area contributed by atoms with Crippen molar-refractivity contribution in [1.29, 1.82) is 0 Å². The molecule has 1 aliphatic carbocycles. The van der Waals surface area contributed by atoms with Crippen molar-refractivity contribution in [2.24, 2.45) is 11.7 Å². The number of nitrogens with two attached hydrogens (primary N) is 1. The summed E-state index contributed by atoms with van der Waals surface area (Å²) < 4.78 is 5.45. The zero-order chi connectivity index (χ0) is 12.1. The van der Waals surface area contributed by atoms with E-state index in [0.717, 1.165) is 52.1 Å². The number of hydrogen-bond acceptors (Lipinski definition) is 4. The van der Waals surface area contributed by atoms with Crippen molar-refractivity contribution < 1.29 is 9.84 Å². The minimum Gasteiger partial charge on any atom is -0.394 e. The summed E-state index contributed by atoms with van der Waals surface area (Å²) in [4.78, 5) is 2.48. The van der Waals surface area contributed by atoms with Gasteiger partial charge in [-0.3, -0.25) is 0 Å². The Bertz CT molecular complexity index is 229. The summed E-state index contributed by atoms with van der Waals surface area (Å²) in [5.41, 5.74) is 5.95. The molecule has 2 unspecified atom stereocenters. The summed E-state index contributed by atoms with van der Waals surface area (Å²) in [7, 11) is 0. The normalized spacial score (nSPS) is 36.0. The second-order valence-corrected chi connectivity index (χ2v) is 5.58. The molecule has 1 saturated heterocycles. The van der Waals surface area contributed by atoms with Crippen molar-refractivity contribution in [3.8, 4) is 0 Å². The van der Waals surface area contributed by atoms with Crippen LogP contribution in [0.2, 0.25) is 0 Å². The lowest BCUT2D eigenvalue weighted by Crippen LogP contribution is -2.47. The van der Waals surface area contributed by atoms with Crippen LogP contribution in [0.5, 0.6) is 0 Å². The maximum atomic E-state index is 9.42. The fourth-order valence-corrected chi connectivity index (χ4v) is 3.17. The molecule has 4 heteroatoms. The van der Waals surface area contributed by atoms with E-state index in [9.17, 15) is 5.11 Å². The fourth-order valence-electron chi connectivity index (χ4n) is 3.17. The van der Waals surface area contributed by atoms with E-state index in [-0.39, 0.29) is 12.1 Å². The van der Waals surface area contributed by atoms with E-state index in [4.69, 9.17) is 10.5 Å². The molecular weight excluding hydrogens is 216 g/mol. The van der Waals surface area contributed by atoms with Gasteiger partial charge in [0.25, 0.3) is 0 Å². The molecule has 2 atom stereocenters. The highest BCUT2D eigenvalue weighted by Crippen LogP contribution is 2.35. The van der Waals surface area contributed by atoms with Gasteiger partial charge < -0.3 is 20.5 Å². The summed E-state index contributed by atoms with van der Waals surface area (Å²) >= 11 is 0. The summed E-state index contributed by atoms with van der Waals surface area (Å²) in [6, 6.07) is 0. The number of aliphatic hydroxyl groups excluding tert-OH is 1. The lowest BCUT2D eigenvalue weighted by atomic mass is 9.86. The van der Waals surface area contributed by atoms with Gasteiger partial charge in [-0.05, 0) is 38.1 Å². The maximum absolute atomic E-state index is 9.42. The Morgan fingerprint density at radius 2 is 2.18 bits per heavy atom. The van der Waals surface area contributed by atoms with E-state index in [1.807, 2.05) is 0 Å². The van der Waals surface area contributed by atoms with Gasteiger partial charge in [-0.2, -0.15) is 0 Å². The third-order valence-corrected chi connectivity index (χ3v) is 4.41. The van der Waals surface area contributed by atoms with Crippen LogP contribution >= 0.6 is 0 Å². The van der Waals surface area contributed by atoms with Gasteiger partial charge in [-0.15, -0.1) is 0 Å². The van der Waals surface area contributed by atoms with E-state index in [1.165, 1.54) is 12.8 Å². The van der Waals surface area contributed by atoms with Gasteiger partial charge in [0.1, 0.15) is 0 Å². The van der Waals surface area contributed by atoms with Gasteiger partial charge in [-0.25, -0.2) is 0 Å². The second kappa shape index (κ2) is 6.14. The first kappa shape index (κ1) is 13.3. The Kier molecular flexibility index (Phi) is 4.79. The van der Waals surface area contributed by atoms with Crippen LogP contribution < -0.4 is 5.73 Å². The smallest absolute Gasteiger partial charge is 0.0613 e. The molecule has 3 N–H and O–H groups in total. The van der Waals surface area contributed by atoms with Crippen molar-refractivity contribution >= 4 is 0 Å². The molecule has 0 spiro atoms. The molecule has 100 valence electrons. The van der Waals surface area contributed by atoms with Crippen molar-refractivity contribution in [2.75, 3.05) is 39.5 Å².